The van der Waals surface area contributed by atoms with Crippen LogP contribution in [0.1, 0.15) is 61.6 Å². The van der Waals surface area contributed by atoms with Gasteiger partial charge in [0.15, 0.2) is 0 Å². The third-order valence-corrected chi connectivity index (χ3v) is 6.28. The van der Waals surface area contributed by atoms with E-state index in [0.717, 1.165) is 37.8 Å². The van der Waals surface area contributed by atoms with Crippen LogP contribution < -0.4 is 10.6 Å². The minimum Gasteiger partial charge on any atom is -0.352 e. The Morgan fingerprint density at radius 3 is 2.78 bits per heavy atom. The maximum Gasteiger partial charge on any atom is 0.223 e. The van der Waals surface area contributed by atoms with E-state index in [-0.39, 0.29) is 11.8 Å². The molecule has 0 bridgehead atoms. The lowest BCUT2D eigenvalue weighted by Crippen LogP contribution is -2.37. The summed E-state index contributed by atoms with van der Waals surface area (Å²) in [7, 11) is 0. The van der Waals surface area contributed by atoms with Crippen LogP contribution in [0.4, 0.5) is 0 Å². The van der Waals surface area contributed by atoms with Gasteiger partial charge in [0.1, 0.15) is 0 Å². The Morgan fingerprint density at radius 1 is 1.04 bits per heavy atom. The van der Waals surface area contributed by atoms with Crippen molar-refractivity contribution in [1.82, 2.24) is 10.6 Å². The number of hydrogen-bond acceptors (Lipinski definition) is 2. The van der Waals surface area contributed by atoms with Crippen LogP contribution in [0.3, 0.4) is 0 Å². The molecule has 2 aliphatic carbocycles. The van der Waals surface area contributed by atoms with E-state index >= 15 is 0 Å². The van der Waals surface area contributed by atoms with Crippen LogP contribution in [-0.4, -0.2) is 5.91 Å². The normalized spacial score (nSPS) is 29.7. The molecule has 1 aromatic carbocycles. The lowest BCUT2D eigenvalue weighted by molar-refractivity contribution is -0.127. The molecule has 0 saturated heterocycles. The lowest BCUT2D eigenvalue weighted by atomic mass is 9.67. The molecule has 2 saturated carbocycles. The van der Waals surface area contributed by atoms with Gasteiger partial charge in [0, 0.05) is 25.6 Å². The van der Waals surface area contributed by atoms with E-state index in [1.807, 2.05) is 0 Å². The molecule has 2 N–H and O–H groups in total. The fourth-order valence-electron chi connectivity index (χ4n) is 4.90. The van der Waals surface area contributed by atoms with Crippen molar-refractivity contribution in [2.24, 2.45) is 17.8 Å². The number of hydrogen-bond donors (Lipinski definition) is 2. The minimum atomic E-state index is 0.255. The molecule has 2 fully saturated rings. The van der Waals surface area contributed by atoms with E-state index in [4.69, 9.17) is 0 Å². The summed E-state index contributed by atoms with van der Waals surface area (Å²) >= 11 is 0. The Labute approximate surface area is 139 Å². The summed E-state index contributed by atoms with van der Waals surface area (Å²) in [6.07, 6.45) is 9.04. The quantitative estimate of drug-likeness (QED) is 0.897. The molecule has 3 atom stereocenters. The van der Waals surface area contributed by atoms with Crippen LogP contribution in [-0.2, 0) is 24.4 Å². The molecule has 0 radical (unpaired) electrons. The van der Waals surface area contributed by atoms with Gasteiger partial charge in [-0.05, 0) is 47.8 Å². The van der Waals surface area contributed by atoms with Crippen LogP contribution in [0.25, 0.3) is 0 Å². The van der Waals surface area contributed by atoms with Crippen molar-refractivity contribution >= 4 is 5.91 Å². The zero-order chi connectivity index (χ0) is 15.6. The van der Waals surface area contributed by atoms with Gasteiger partial charge in [-0.2, -0.15) is 0 Å². The van der Waals surface area contributed by atoms with E-state index in [1.165, 1.54) is 48.8 Å². The Balaban J connectivity index is 1.31. The summed E-state index contributed by atoms with van der Waals surface area (Å²) in [5.74, 6) is 2.27. The molecule has 3 unspecified atom stereocenters. The molecule has 1 amide bonds. The van der Waals surface area contributed by atoms with Gasteiger partial charge in [-0.25, -0.2) is 0 Å². The van der Waals surface area contributed by atoms with Crippen molar-refractivity contribution in [1.29, 1.82) is 0 Å². The SMILES string of the molecule is O=C(NCc1ccc2c(c1)CNC2)C1CCC2CCCCC2C1. The van der Waals surface area contributed by atoms with Gasteiger partial charge in [0.2, 0.25) is 5.91 Å². The summed E-state index contributed by atoms with van der Waals surface area (Å²) in [5.41, 5.74) is 4.02. The Kier molecular flexibility index (Phi) is 4.39. The molecular weight excluding hydrogens is 284 g/mol. The first-order valence-corrected chi connectivity index (χ1v) is 9.38. The van der Waals surface area contributed by atoms with Crippen LogP contribution in [0.15, 0.2) is 18.2 Å². The fourth-order valence-corrected chi connectivity index (χ4v) is 4.90. The fraction of sp³-hybridized carbons (Fsp3) is 0.650. The highest BCUT2D eigenvalue weighted by Gasteiger charge is 2.34. The highest BCUT2D eigenvalue weighted by Crippen LogP contribution is 2.42. The van der Waals surface area contributed by atoms with Crippen LogP contribution in [0.2, 0.25) is 0 Å². The maximum absolute atomic E-state index is 12.6. The van der Waals surface area contributed by atoms with Crippen molar-refractivity contribution in [2.45, 2.75) is 64.6 Å². The van der Waals surface area contributed by atoms with Crippen molar-refractivity contribution < 1.29 is 4.79 Å². The second-order valence-electron chi connectivity index (χ2n) is 7.74. The van der Waals surface area contributed by atoms with Crippen molar-refractivity contribution in [3.05, 3.63) is 34.9 Å². The predicted molar refractivity (Wildman–Crippen MR) is 91.6 cm³/mol. The molecule has 1 aliphatic heterocycles. The maximum atomic E-state index is 12.6. The van der Waals surface area contributed by atoms with Gasteiger partial charge in [0.05, 0.1) is 0 Å². The van der Waals surface area contributed by atoms with Gasteiger partial charge in [0.25, 0.3) is 0 Å². The summed E-state index contributed by atoms with van der Waals surface area (Å²) in [5, 5.41) is 6.57. The molecule has 3 aliphatic rings. The zero-order valence-corrected chi connectivity index (χ0v) is 13.9. The molecule has 4 rings (SSSR count). The Morgan fingerprint density at radius 2 is 1.87 bits per heavy atom. The van der Waals surface area contributed by atoms with Crippen LogP contribution in [0, 0.1) is 17.8 Å². The number of fused-ring (bicyclic) bond motifs is 2. The van der Waals surface area contributed by atoms with Gasteiger partial charge < -0.3 is 10.6 Å². The van der Waals surface area contributed by atoms with Gasteiger partial charge in [-0.15, -0.1) is 0 Å². The lowest BCUT2D eigenvalue weighted by Gasteiger charge is -2.38. The molecular formula is C20H28N2O. The van der Waals surface area contributed by atoms with E-state index in [2.05, 4.69) is 28.8 Å². The zero-order valence-electron chi connectivity index (χ0n) is 13.9. The second kappa shape index (κ2) is 6.64. The first-order chi connectivity index (χ1) is 11.3. The smallest absolute Gasteiger partial charge is 0.223 e. The molecule has 0 spiro atoms. The number of benzene rings is 1. The minimum absolute atomic E-state index is 0.255. The summed E-state index contributed by atoms with van der Waals surface area (Å²) in [4.78, 5) is 12.6. The van der Waals surface area contributed by atoms with E-state index in [0.29, 0.717) is 6.54 Å². The van der Waals surface area contributed by atoms with E-state index in [1.54, 1.807) is 0 Å². The van der Waals surface area contributed by atoms with Gasteiger partial charge >= 0.3 is 0 Å². The van der Waals surface area contributed by atoms with Crippen molar-refractivity contribution in [3.63, 3.8) is 0 Å². The molecule has 1 aromatic rings. The molecule has 3 heteroatoms. The molecule has 0 aromatic heterocycles. The van der Waals surface area contributed by atoms with Crippen LogP contribution >= 0.6 is 0 Å². The molecule has 23 heavy (non-hydrogen) atoms. The summed E-state index contributed by atoms with van der Waals surface area (Å²) in [6, 6.07) is 6.60. The van der Waals surface area contributed by atoms with Gasteiger partial charge in [-0.3, -0.25) is 4.79 Å². The average Bonchev–Trinajstić information content (AvgIpc) is 3.07. The predicted octanol–water partition coefficient (Wildman–Crippen LogP) is 3.51. The van der Waals surface area contributed by atoms with E-state index < -0.39 is 0 Å². The number of nitrogens with one attached hydrogen (secondary N) is 2. The monoisotopic (exact) mass is 312 g/mol. The van der Waals surface area contributed by atoms with Gasteiger partial charge in [-0.1, -0.05) is 43.9 Å². The summed E-state index contributed by atoms with van der Waals surface area (Å²) in [6.45, 7) is 2.62. The van der Waals surface area contributed by atoms with Crippen LogP contribution in [0.5, 0.6) is 0 Å². The standard InChI is InChI=1S/C20H28N2O/c23-20(17-8-7-15-3-1-2-4-16(15)10-17)22-11-14-5-6-18-12-21-13-19(18)9-14/h5-6,9,15-17,21H,1-4,7-8,10-13H2,(H,22,23). The second-order valence-corrected chi connectivity index (χ2v) is 7.74. The number of carbonyl (C=O) groups excluding carboxylic acids is 1. The largest absolute Gasteiger partial charge is 0.352 e. The topological polar surface area (TPSA) is 41.1 Å². The Bertz CT molecular complexity index is 583. The molecule has 124 valence electrons. The first-order valence-electron chi connectivity index (χ1n) is 9.38. The third kappa shape index (κ3) is 3.30. The molecule has 3 nitrogen and oxygen atoms in total. The highest BCUT2D eigenvalue weighted by atomic mass is 16.1. The number of amides is 1. The number of rotatable bonds is 3. The van der Waals surface area contributed by atoms with E-state index in [9.17, 15) is 4.79 Å². The molecule has 1 heterocycles. The Hall–Kier alpha value is -1.35. The average molecular weight is 312 g/mol. The van der Waals surface area contributed by atoms with Crippen molar-refractivity contribution in [3.8, 4) is 0 Å². The van der Waals surface area contributed by atoms with Crippen molar-refractivity contribution in [2.75, 3.05) is 0 Å². The highest BCUT2D eigenvalue weighted by molar-refractivity contribution is 5.78. The summed E-state index contributed by atoms with van der Waals surface area (Å²) < 4.78 is 0. The first kappa shape index (κ1) is 15.2. The number of carbonyl (C=O) groups is 1. The third-order valence-electron chi connectivity index (χ3n) is 6.28.